The highest BCUT2D eigenvalue weighted by atomic mass is 35.5. The molecule has 0 aliphatic heterocycles. The first-order valence-electron chi connectivity index (χ1n) is 6.08. The predicted molar refractivity (Wildman–Crippen MR) is 93.5 cm³/mol. The summed E-state index contributed by atoms with van der Waals surface area (Å²) in [4.78, 5) is 4.60. The highest BCUT2D eigenvalue weighted by Crippen LogP contribution is 2.25. The van der Waals surface area contributed by atoms with Crippen LogP contribution in [0.2, 0.25) is 0 Å². The molecule has 0 bridgehead atoms. The van der Waals surface area contributed by atoms with Gasteiger partial charge in [0.05, 0.1) is 16.6 Å². The Morgan fingerprint density at radius 3 is 2.19 bits per heavy atom. The summed E-state index contributed by atoms with van der Waals surface area (Å²) in [5, 5.41) is 1.10. The lowest BCUT2D eigenvalue weighted by Crippen LogP contribution is -1.90. The standard InChI is InChI=1S/C15H12N4.2ClH/c16-10-2-4-13-9(7-10)1-6-15-18-12-8-11(17)3-5-14(12)19(13)15;;/h1-8H,16-17H2;2*1H. The van der Waals surface area contributed by atoms with Crippen molar-refractivity contribution in [3.63, 3.8) is 0 Å². The fourth-order valence-corrected chi connectivity index (χ4v) is 2.56. The average Bonchev–Trinajstić information content (AvgIpc) is 2.75. The number of nitrogen functional groups attached to an aromatic ring is 2. The van der Waals surface area contributed by atoms with Crippen LogP contribution >= 0.6 is 24.8 Å². The third-order valence-electron chi connectivity index (χ3n) is 3.41. The van der Waals surface area contributed by atoms with Crippen LogP contribution in [-0.2, 0) is 0 Å². The molecule has 4 nitrogen and oxygen atoms in total. The molecule has 0 unspecified atom stereocenters. The topological polar surface area (TPSA) is 69.3 Å². The van der Waals surface area contributed by atoms with Gasteiger partial charge in [0.15, 0.2) is 0 Å². The van der Waals surface area contributed by atoms with Crippen molar-refractivity contribution >= 4 is 63.8 Å². The van der Waals surface area contributed by atoms with Crippen molar-refractivity contribution in [2.45, 2.75) is 0 Å². The number of nitrogens with two attached hydrogens (primary N) is 2. The van der Waals surface area contributed by atoms with E-state index in [-0.39, 0.29) is 24.8 Å². The second-order valence-corrected chi connectivity index (χ2v) is 4.71. The predicted octanol–water partition coefficient (Wildman–Crippen LogP) is 3.65. The molecule has 4 rings (SSSR count). The molecule has 4 N–H and O–H groups in total. The molecule has 0 fully saturated rings. The molecule has 2 aromatic carbocycles. The second kappa shape index (κ2) is 5.31. The monoisotopic (exact) mass is 320 g/mol. The minimum absolute atomic E-state index is 0. The van der Waals surface area contributed by atoms with Crippen LogP contribution in [-0.4, -0.2) is 9.38 Å². The molecule has 21 heavy (non-hydrogen) atoms. The van der Waals surface area contributed by atoms with Crippen molar-refractivity contribution in [2.75, 3.05) is 11.5 Å². The fourth-order valence-electron chi connectivity index (χ4n) is 2.56. The molecule has 108 valence electrons. The van der Waals surface area contributed by atoms with Gasteiger partial charge in [-0.1, -0.05) is 0 Å². The van der Waals surface area contributed by atoms with Gasteiger partial charge in [-0.05, 0) is 48.5 Å². The Bertz CT molecular complexity index is 938. The molecule has 0 saturated heterocycles. The lowest BCUT2D eigenvalue weighted by atomic mass is 10.2. The van der Waals surface area contributed by atoms with Gasteiger partial charge in [-0.15, -0.1) is 24.8 Å². The van der Waals surface area contributed by atoms with E-state index >= 15 is 0 Å². The molecule has 2 heterocycles. The van der Waals surface area contributed by atoms with Crippen molar-refractivity contribution in [1.82, 2.24) is 9.38 Å². The number of anilines is 2. The van der Waals surface area contributed by atoms with Gasteiger partial charge in [0.2, 0.25) is 0 Å². The molecule has 0 atom stereocenters. The molecule has 0 radical (unpaired) electrons. The number of aromatic nitrogens is 2. The summed E-state index contributed by atoms with van der Waals surface area (Å²) in [6.07, 6.45) is 0. The first-order valence-corrected chi connectivity index (χ1v) is 6.08. The number of hydrogen-bond donors (Lipinski definition) is 2. The number of rotatable bonds is 0. The molecule has 0 saturated carbocycles. The average molecular weight is 321 g/mol. The van der Waals surface area contributed by atoms with E-state index in [9.17, 15) is 0 Å². The first kappa shape index (κ1) is 15.2. The Labute approximate surface area is 133 Å². The Morgan fingerprint density at radius 2 is 1.43 bits per heavy atom. The molecule has 0 spiro atoms. The van der Waals surface area contributed by atoms with Crippen molar-refractivity contribution in [3.8, 4) is 0 Å². The van der Waals surface area contributed by atoms with Crippen molar-refractivity contribution in [1.29, 1.82) is 0 Å². The molecule has 0 amide bonds. The van der Waals surface area contributed by atoms with E-state index in [0.29, 0.717) is 0 Å². The van der Waals surface area contributed by atoms with E-state index in [1.54, 1.807) is 0 Å². The third-order valence-corrected chi connectivity index (χ3v) is 3.41. The zero-order valence-corrected chi connectivity index (χ0v) is 12.6. The molecule has 6 heteroatoms. The SMILES string of the molecule is Cl.Cl.Nc1ccc2c(ccc3nc4cc(N)ccc4n32)c1. The Kier molecular flexibility index (Phi) is 3.85. The molecule has 0 aliphatic carbocycles. The normalized spacial score (nSPS) is 10.5. The number of nitrogens with zero attached hydrogens (tertiary/aromatic N) is 2. The van der Waals surface area contributed by atoms with Crippen LogP contribution in [0.15, 0.2) is 48.5 Å². The molecule has 2 aromatic heterocycles. The largest absolute Gasteiger partial charge is 0.399 e. The van der Waals surface area contributed by atoms with E-state index in [2.05, 4.69) is 9.38 Å². The summed E-state index contributed by atoms with van der Waals surface area (Å²) in [5.41, 5.74) is 17.1. The summed E-state index contributed by atoms with van der Waals surface area (Å²) in [5.74, 6) is 0. The van der Waals surface area contributed by atoms with Gasteiger partial charge in [0, 0.05) is 16.8 Å². The quantitative estimate of drug-likeness (QED) is 0.486. The van der Waals surface area contributed by atoms with Crippen LogP contribution in [0.4, 0.5) is 11.4 Å². The number of fused-ring (bicyclic) bond motifs is 5. The molecule has 4 aromatic rings. The third kappa shape index (κ3) is 2.22. The van der Waals surface area contributed by atoms with Gasteiger partial charge in [-0.25, -0.2) is 4.98 Å². The van der Waals surface area contributed by atoms with Crippen LogP contribution in [0.1, 0.15) is 0 Å². The van der Waals surface area contributed by atoms with Crippen molar-refractivity contribution in [2.24, 2.45) is 0 Å². The number of hydrogen-bond acceptors (Lipinski definition) is 3. The van der Waals surface area contributed by atoms with Gasteiger partial charge < -0.3 is 11.5 Å². The summed E-state index contributed by atoms with van der Waals surface area (Å²) < 4.78 is 2.13. The van der Waals surface area contributed by atoms with Crippen LogP contribution in [0.25, 0.3) is 27.6 Å². The molecule has 0 aliphatic rings. The van der Waals surface area contributed by atoms with Crippen molar-refractivity contribution in [3.05, 3.63) is 48.5 Å². The molecular weight excluding hydrogens is 307 g/mol. The Balaban J connectivity index is 0.000000807. The smallest absolute Gasteiger partial charge is 0.138 e. The lowest BCUT2D eigenvalue weighted by Gasteiger charge is -2.04. The Hall–Kier alpha value is -2.17. The first-order chi connectivity index (χ1) is 9.22. The van der Waals surface area contributed by atoms with E-state index in [1.165, 1.54) is 0 Å². The summed E-state index contributed by atoms with van der Waals surface area (Å²) in [6, 6.07) is 15.7. The maximum atomic E-state index is 5.83. The van der Waals surface area contributed by atoms with Crippen LogP contribution < -0.4 is 11.5 Å². The number of benzene rings is 2. The van der Waals surface area contributed by atoms with E-state index < -0.39 is 0 Å². The van der Waals surface area contributed by atoms with E-state index in [1.807, 2.05) is 48.5 Å². The minimum Gasteiger partial charge on any atom is -0.399 e. The highest BCUT2D eigenvalue weighted by molar-refractivity contribution is 5.92. The number of halogens is 2. The van der Waals surface area contributed by atoms with Gasteiger partial charge in [0.1, 0.15) is 5.65 Å². The van der Waals surface area contributed by atoms with Crippen LogP contribution in [0, 0.1) is 0 Å². The summed E-state index contributed by atoms with van der Waals surface area (Å²) in [7, 11) is 0. The summed E-state index contributed by atoms with van der Waals surface area (Å²) in [6.45, 7) is 0. The zero-order valence-electron chi connectivity index (χ0n) is 11.0. The van der Waals surface area contributed by atoms with Gasteiger partial charge in [-0.2, -0.15) is 0 Å². The fraction of sp³-hybridized carbons (Fsp3) is 0. The van der Waals surface area contributed by atoms with E-state index in [4.69, 9.17) is 11.5 Å². The summed E-state index contributed by atoms with van der Waals surface area (Å²) >= 11 is 0. The zero-order chi connectivity index (χ0) is 13.0. The van der Waals surface area contributed by atoms with Gasteiger partial charge in [0.25, 0.3) is 0 Å². The number of imidazole rings is 1. The van der Waals surface area contributed by atoms with Gasteiger partial charge >= 0.3 is 0 Å². The van der Waals surface area contributed by atoms with Crippen LogP contribution in [0.3, 0.4) is 0 Å². The van der Waals surface area contributed by atoms with Crippen molar-refractivity contribution < 1.29 is 0 Å². The maximum absolute atomic E-state index is 5.83. The minimum atomic E-state index is 0. The molecular formula is C15H14Cl2N4. The Morgan fingerprint density at radius 1 is 0.762 bits per heavy atom. The second-order valence-electron chi connectivity index (χ2n) is 4.71. The number of pyridine rings is 1. The van der Waals surface area contributed by atoms with E-state index in [0.717, 1.165) is 39.0 Å². The van der Waals surface area contributed by atoms with Crippen LogP contribution in [0.5, 0.6) is 0 Å². The highest BCUT2D eigenvalue weighted by Gasteiger charge is 2.07. The lowest BCUT2D eigenvalue weighted by molar-refractivity contribution is 1.30. The maximum Gasteiger partial charge on any atom is 0.138 e. The van der Waals surface area contributed by atoms with Gasteiger partial charge in [-0.3, -0.25) is 4.40 Å².